The van der Waals surface area contributed by atoms with Crippen LogP contribution in [0.3, 0.4) is 0 Å². The molecule has 0 radical (unpaired) electrons. The van der Waals surface area contributed by atoms with E-state index in [4.69, 9.17) is 11.0 Å². The molecule has 0 atom stereocenters. The summed E-state index contributed by atoms with van der Waals surface area (Å²) in [6, 6.07) is 0. The second kappa shape index (κ2) is 2.86. The maximum absolute atomic E-state index is 10.00. The van der Waals surface area contributed by atoms with Gasteiger partial charge in [0.2, 0.25) is 5.91 Å². The summed E-state index contributed by atoms with van der Waals surface area (Å²) in [5.41, 5.74) is 4.74. The van der Waals surface area contributed by atoms with Gasteiger partial charge >= 0.3 is 0 Å². The summed E-state index contributed by atoms with van der Waals surface area (Å²) in [5, 5.41) is 8.05. The molecule has 2 N–H and O–H groups in total. The molecule has 0 aliphatic rings. The number of hydrogen-bond acceptors (Lipinski definition) is 3. The zero-order chi connectivity index (χ0) is 6.57. The maximum Gasteiger partial charge on any atom is 0.237 e. The van der Waals surface area contributed by atoms with Crippen LogP contribution in [0.25, 0.3) is 0 Å². The monoisotopic (exact) mass is 113 g/mol. The Morgan fingerprint density at radius 3 is 2.62 bits per heavy atom. The van der Waals surface area contributed by atoms with E-state index in [2.05, 4.69) is 0 Å². The zero-order valence-corrected chi connectivity index (χ0v) is 4.59. The summed E-state index contributed by atoms with van der Waals surface area (Å²) >= 11 is 0. The van der Waals surface area contributed by atoms with E-state index in [1.54, 1.807) is 6.19 Å². The predicted molar refractivity (Wildman–Crippen MR) is 27.4 cm³/mol. The smallest absolute Gasteiger partial charge is 0.237 e. The lowest BCUT2D eigenvalue weighted by atomic mass is 10.6. The molecule has 0 heterocycles. The van der Waals surface area contributed by atoms with Gasteiger partial charge in [0.05, 0.1) is 0 Å². The van der Waals surface area contributed by atoms with Crippen LogP contribution in [0.5, 0.6) is 0 Å². The second-order valence-electron chi connectivity index (χ2n) is 1.42. The Balaban J connectivity index is 3.43. The largest absolute Gasteiger partial charge is 0.368 e. The van der Waals surface area contributed by atoms with Crippen molar-refractivity contribution in [3.8, 4) is 6.19 Å². The normalized spacial score (nSPS) is 7.50. The molecule has 0 rings (SSSR count). The number of nitrogens with zero attached hydrogens (tertiary/aromatic N) is 2. The van der Waals surface area contributed by atoms with Gasteiger partial charge in [-0.3, -0.25) is 4.79 Å². The SMILES string of the molecule is CN(C#N)CC(N)=O. The van der Waals surface area contributed by atoms with Crippen LogP contribution < -0.4 is 5.73 Å². The van der Waals surface area contributed by atoms with Gasteiger partial charge < -0.3 is 10.6 Å². The molecule has 0 spiro atoms. The molecule has 0 aromatic carbocycles. The van der Waals surface area contributed by atoms with Gasteiger partial charge in [-0.05, 0) is 0 Å². The Morgan fingerprint density at radius 1 is 2.00 bits per heavy atom. The number of nitriles is 1. The average molecular weight is 113 g/mol. The second-order valence-corrected chi connectivity index (χ2v) is 1.42. The Kier molecular flexibility index (Phi) is 2.41. The Bertz CT molecular complexity index is 126. The molecule has 4 nitrogen and oxygen atoms in total. The van der Waals surface area contributed by atoms with Crippen molar-refractivity contribution in [1.29, 1.82) is 5.26 Å². The van der Waals surface area contributed by atoms with Crippen molar-refractivity contribution >= 4 is 5.91 Å². The molecule has 4 heteroatoms. The number of likely N-dealkylation sites (N-methyl/N-ethyl adjacent to an activating group) is 1. The molecule has 8 heavy (non-hydrogen) atoms. The molecule has 0 fully saturated rings. The molecule has 0 unspecified atom stereocenters. The lowest BCUT2D eigenvalue weighted by molar-refractivity contribution is -0.118. The molecular weight excluding hydrogens is 106 g/mol. The van der Waals surface area contributed by atoms with Crippen LogP contribution in [-0.4, -0.2) is 24.4 Å². The van der Waals surface area contributed by atoms with E-state index in [0.717, 1.165) is 4.90 Å². The van der Waals surface area contributed by atoms with Gasteiger partial charge in [-0.25, -0.2) is 0 Å². The van der Waals surface area contributed by atoms with Crippen LogP contribution in [0.4, 0.5) is 0 Å². The average Bonchev–Trinajstić information content (AvgIpc) is 1.65. The van der Waals surface area contributed by atoms with Crippen LogP contribution >= 0.6 is 0 Å². The fraction of sp³-hybridized carbons (Fsp3) is 0.500. The van der Waals surface area contributed by atoms with E-state index >= 15 is 0 Å². The topological polar surface area (TPSA) is 70.1 Å². The van der Waals surface area contributed by atoms with Gasteiger partial charge in [-0.1, -0.05) is 0 Å². The van der Waals surface area contributed by atoms with E-state index in [1.165, 1.54) is 7.05 Å². The van der Waals surface area contributed by atoms with Gasteiger partial charge in [0.15, 0.2) is 6.19 Å². The van der Waals surface area contributed by atoms with Crippen molar-refractivity contribution in [3.05, 3.63) is 0 Å². The third-order valence-corrected chi connectivity index (χ3v) is 0.564. The van der Waals surface area contributed by atoms with E-state index < -0.39 is 5.91 Å². The highest BCUT2D eigenvalue weighted by Gasteiger charge is 1.95. The molecule has 0 saturated heterocycles. The molecule has 0 aliphatic heterocycles. The van der Waals surface area contributed by atoms with Gasteiger partial charge in [0.1, 0.15) is 6.54 Å². The van der Waals surface area contributed by atoms with Gasteiger partial charge in [0, 0.05) is 7.05 Å². The van der Waals surface area contributed by atoms with Crippen molar-refractivity contribution in [1.82, 2.24) is 4.90 Å². The van der Waals surface area contributed by atoms with Gasteiger partial charge in [-0.2, -0.15) is 5.26 Å². The Morgan fingerprint density at radius 2 is 2.50 bits per heavy atom. The number of carbonyl (C=O) groups excluding carboxylic acids is 1. The zero-order valence-electron chi connectivity index (χ0n) is 4.59. The molecule has 44 valence electrons. The fourth-order valence-corrected chi connectivity index (χ4v) is 0.269. The number of hydrogen-bond donors (Lipinski definition) is 1. The minimum absolute atomic E-state index is 0.00347. The molecule has 0 aromatic rings. The first-order chi connectivity index (χ1) is 3.66. The summed E-state index contributed by atoms with van der Waals surface area (Å²) in [7, 11) is 1.49. The van der Waals surface area contributed by atoms with Crippen LogP contribution in [0.15, 0.2) is 0 Å². The minimum atomic E-state index is -0.492. The Hall–Kier alpha value is -1.24. The molecule has 0 saturated carbocycles. The van der Waals surface area contributed by atoms with Crippen molar-refractivity contribution in [2.75, 3.05) is 13.6 Å². The van der Waals surface area contributed by atoms with E-state index in [1.807, 2.05) is 0 Å². The molecule has 0 bridgehead atoms. The van der Waals surface area contributed by atoms with Crippen LogP contribution in [0.1, 0.15) is 0 Å². The molecule has 0 aromatic heterocycles. The molecule has 0 aliphatic carbocycles. The van der Waals surface area contributed by atoms with Crippen molar-refractivity contribution in [3.63, 3.8) is 0 Å². The third kappa shape index (κ3) is 2.97. The number of primary amides is 1. The highest BCUT2D eigenvalue weighted by molar-refractivity contribution is 5.76. The standard InChI is InChI=1S/C4H7N3O/c1-7(3-5)2-4(6)8/h2H2,1H3,(H2,6,8). The first-order valence-electron chi connectivity index (χ1n) is 2.06. The van der Waals surface area contributed by atoms with E-state index in [0.29, 0.717) is 0 Å². The summed E-state index contributed by atoms with van der Waals surface area (Å²) in [6.07, 6.45) is 1.73. The summed E-state index contributed by atoms with van der Waals surface area (Å²) < 4.78 is 0. The van der Waals surface area contributed by atoms with Crippen molar-refractivity contribution < 1.29 is 4.79 Å². The predicted octanol–water partition coefficient (Wildman–Crippen LogP) is -1.12. The van der Waals surface area contributed by atoms with Gasteiger partial charge in [0.25, 0.3) is 0 Å². The molecule has 1 amide bonds. The number of rotatable bonds is 2. The molecular formula is C4H7N3O. The van der Waals surface area contributed by atoms with Crippen molar-refractivity contribution in [2.45, 2.75) is 0 Å². The highest BCUT2D eigenvalue weighted by Crippen LogP contribution is 1.72. The first kappa shape index (κ1) is 6.76. The van der Waals surface area contributed by atoms with Crippen LogP contribution in [0, 0.1) is 11.5 Å². The number of carbonyl (C=O) groups is 1. The van der Waals surface area contributed by atoms with Crippen LogP contribution in [-0.2, 0) is 4.79 Å². The maximum atomic E-state index is 10.00. The summed E-state index contributed by atoms with van der Waals surface area (Å²) in [4.78, 5) is 11.2. The quantitative estimate of drug-likeness (QED) is 0.364. The Labute approximate surface area is 47.5 Å². The van der Waals surface area contributed by atoms with Crippen molar-refractivity contribution in [2.24, 2.45) is 5.73 Å². The highest BCUT2D eigenvalue weighted by atomic mass is 16.1. The number of amides is 1. The number of nitrogens with two attached hydrogens (primary N) is 1. The van der Waals surface area contributed by atoms with E-state index in [-0.39, 0.29) is 6.54 Å². The van der Waals surface area contributed by atoms with Gasteiger partial charge in [-0.15, -0.1) is 0 Å². The van der Waals surface area contributed by atoms with Crippen LogP contribution in [0.2, 0.25) is 0 Å². The fourth-order valence-electron chi connectivity index (χ4n) is 0.269. The summed E-state index contributed by atoms with van der Waals surface area (Å²) in [5.74, 6) is -0.492. The lowest BCUT2D eigenvalue weighted by Crippen LogP contribution is -2.26. The third-order valence-electron chi connectivity index (χ3n) is 0.564. The first-order valence-corrected chi connectivity index (χ1v) is 2.06. The van der Waals surface area contributed by atoms with E-state index in [9.17, 15) is 4.79 Å². The lowest BCUT2D eigenvalue weighted by Gasteiger charge is -2.01. The summed E-state index contributed by atoms with van der Waals surface area (Å²) in [6.45, 7) is -0.00347. The minimum Gasteiger partial charge on any atom is -0.368 e.